The lowest BCUT2D eigenvalue weighted by atomic mass is 9.98. The Bertz CT molecular complexity index is 544. The van der Waals surface area contributed by atoms with E-state index in [1.54, 1.807) is 0 Å². The summed E-state index contributed by atoms with van der Waals surface area (Å²) >= 11 is 0. The maximum Gasteiger partial charge on any atom is 0.226 e. The van der Waals surface area contributed by atoms with Crippen LogP contribution < -0.4 is 10.5 Å². The molecular weight excluding hydrogens is 312 g/mol. The topological polar surface area (TPSA) is 55.6 Å². The van der Waals surface area contributed by atoms with Crippen LogP contribution in [0, 0.1) is 25.7 Å². The molecule has 3 unspecified atom stereocenters. The summed E-state index contributed by atoms with van der Waals surface area (Å²) in [5, 5.41) is 0. The van der Waals surface area contributed by atoms with E-state index >= 15 is 0 Å². The molecule has 5 heteroatoms. The number of benzene rings is 1. The minimum absolute atomic E-state index is 0. The summed E-state index contributed by atoms with van der Waals surface area (Å²) in [6.07, 6.45) is 2.74. The van der Waals surface area contributed by atoms with Crippen LogP contribution in [0.5, 0.6) is 5.75 Å². The van der Waals surface area contributed by atoms with Crippen molar-refractivity contribution in [2.45, 2.75) is 39.2 Å². The fraction of sp³-hybridized carbons (Fsp3) is 0.611. The first kappa shape index (κ1) is 18.1. The summed E-state index contributed by atoms with van der Waals surface area (Å²) in [4.78, 5) is 14.3. The minimum Gasteiger partial charge on any atom is -0.493 e. The summed E-state index contributed by atoms with van der Waals surface area (Å²) in [6, 6.07) is 6.42. The Kier molecular flexibility index (Phi) is 5.93. The average Bonchev–Trinajstić information content (AvgIpc) is 3.00. The second-order valence-corrected chi connectivity index (χ2v) is 6.89. The number of aryl methyl sites for hydroxylation is 2. The highest BCUT2D eigenvalue weighted by atomic mass is 35.5. The molecule has 3 atom stereocenters. The molecule has 1 aromatic carbocycles. The number of halogens is 1. The van der Waals surface area contributed by atoms with Crippen molar-refractivity contribution in [2.75, 3.05) is 19.7 Å². The van der Waals surface area contributed by atoms with Gasteiger partial charge in [0.2, 0.25) is 5.91 Å². The molecule has 1 aliphatic heterocycles. The molecule has 0 bridgehead atoms. The van der Waals surface area contributed by atoms with Crippen LogP contribution in [0.1, 0.15) is 30.4 Å². The summed E-state index contributed by atoms with van der Waals surface area (Å²) in [5.41, 5.74) is 8.49. The Labute approximate surface area is 144 Å². The Balaban J connectivity index is 0.00000192. The number of carbonyl (C=O) groups excluding carboxylic acids is 1. The third-order valence-electron chi connectivity index (χ3n) is 5.04. The number of likely N-dealkylation sites (tertiary alicyclic amines) is 1. The van der Waals surface area contributed by atoms with E-state index in [-0.39, 0.29) is 24.4 Å². The highest BCUT2D eigenvalue weighted by Crippen LogP contribution is 2.37. The van der Waals surface area contributed by atoms with Gasteiger partial charge in [0, 0.05) is 19.1 Å². The SMILES string of the molecule is Cc1cc(C)cc(OCCC(=O)N2CC3CCC(N)C3C2)c1.Cl. The van der Waals surface area contributed by atoms with Crippen molar-refractivity contribution in [3.8, 4) is 5.75 Å². The number of carbonyl (C=O) groups is 1. The van der Waals surface area contributed by atoms with Gasteiger partial charge in [-0.1, -0.05) is 6.07 Å². The van der Waals surface area contributed by atoms with E-state index in [2.05, 4.69) is 19.9 Å². The van der Waals surface area contributed by atoms with E-state index in [0.717, 1.165) is 25.3 Å². The third kappa shape index (κ3) is 4.18. The van der Waals surface area contributed by atoms with Gasteiger partial charge in [0.25, 0.3) is 0 Å². The number of nitrogens with zero attached hydrogens (tertiary/aromatic N) is 1. The van der Waals surface area contributed by atoms with Gasteiger partial charge >= 0.3 is 0 Å². The van der Waals surface area contributed by atoms with Gasteiger partial charge in [-0.15, -0.1) is 12.4 Å². The largest absolute Gasteiger partial charge is 0.493 e. The zero-order valence-electron chi connectivity index (χ0n) is 14.0. The summed E-state index contributed by atoms with van der Waals surface area (Å²) < 4.78 is 5.74. The van der Waals surface area contributed by atoms with Crippen LogP contribution in [-0.2, 0) is 4.79 Å². The number of nitrogens with two attached hydrogens (primary N) is 1. The first-order chi connectivity index (χ1) is 10.5. The summed E-state index contributed by atoms with van der Waals surface area (Å²) in [5.74, 6) is 2.19. The standard InChI is InChI=1S/C18H26N2O2.ClH/c1-12-7-13(2)9-15(8-12)22-6-5-18(21)20-10-14-3-4-17(19)16(14)11-20;/h7-9,14,16-17H,3-6,10-11,19H2,1-2H3;1H. The van der Waals surface area contributed by atoms with Crippen molar-refractivity contribution in [1.82, 2.24) is 4.90 Å². The predicted octanol–water partition coefficient (Wildman–Crippen LogP) is 2.69. The van der Waals surface area contributed by atoms with Gasteiger partial charge in [0.15, 0.2) is 0 Å². The Morgan fingerprint density at radius 2 is 1.91 bits per heavy atom. The quantitative estimate of drug-likeness (QED) is 0.918. The van der Waals surface area contributed by atoms with E-state index in [9.17, 15) is 4.79 Å². The third-order valence-corrected chi connectivity index (χ3v) is 5.04. The smallest absolute Gasteiger partial charge is 0.226 e. The zero-order valence-corrected chi connectivity index (χ0v) is 14.8. The van der Waals surface area contributed by atoms with Crippen molar-refractivity contribution in [3.63, 3.8) is 0 Å². The number of fused-ring (bicyclic) bond motifs is 1. The predicted molar refractivity (Wildman–Crippen MR) is 94.0 cm³/mol. The molecule has 1 saturated carbocycles. The van der Waals surface area contributed by atoms with E-state index in [4.69, 9.17) is 10.5 Å². The molecule has 0 spiro atoms. The van der Waals surface area contributed by atoms with Gasteiger partial charge in [-0.2, -0.15) is 0 Å². The van der Waals surface area contributed by atoms with E-state index in [0.29, 0.717) is 24.9 Å². The molecule has 1 heterocycles. The van der Waals surface area contributed by atoms with Crippen molar-refractivity contribution in [2.24, 2.45) is 17.6 Å². The first-order valence-corrected chi connectivity index (χ1v) is 8.27. The molecule has 1 amide bonds. The van der Waals surface area contributed by atoms with Gasteiger partial charge < -0.3 is 15.4 Å². The lowest BCUT2D eigenvalue weighted by molar-refractivity contribution is -0.131. The molecular formula is C18H27ClN2O2. The lowest BCUT2D eigenvalue weighted by Gasteiger charge is -2.19. The van der Waals surface area contributed by atoms with Crippen molar-refractivity contribution >= 4 is 18.3 Å². The van der Waals surface area contributed by atoms with Crippen molar-refractivity contribution < 1.29 is 9.53 Å². The molecule has 3 rings (SSSR count). The highest BCUT2D eigenvalue weighted by molar-refractivity contribution is 5.85. The summed E-state index contributed by atoms with van der Waals surface area (Å²) in [7, 11) is 0. The fourth-order valence-corrected chi connectivity index (χ4v) is 3.94. The van der Waals surface area contributed by atoms with Crippen LogP contribution >= 0.6 is 12.4 Å². The van der Waals surface area contributed by atoms with Gasteiger partial charge in [-0.05, 0) is 61.8 Å². The van der Waals surface area contributed by atoms with E-state index < -0.39 is 0 Å². The molecule has 128 valence electrons. The molecule has 1 aliphatic carbocycles. The highest BCUT2D eigenvalue weighted by Gasteiger charge is 2.42. The van der Waals surface area contributed by atoms with Crippen LogP contribution in [0.3, 0.4) is 0 Å². The van der Waals surface area contributed by atoms with Gasteiger partial charge in [0.05, 0.1) is 13.0 Å². The molecule has 1 aromatic rings. The lowest BCUT2D eigenvalue weighted by Crippen LogP contribution is -2.34. The molecule has 2 fully saturated rings. The van der Waals surface area contributed by atoms with Crippen molar-refractivity contribution in [1.29, 1.82) is 0 Å². The molecule has 0 radical (unpaired) electrons. The van der Waals surface area contributed by atoms with Crippen LogP contribution in [0.15, 0.2) is 18.2 Å². The number of rotatable bonds is 4. The van der Waals surface area contributed by atoms with Gasteiger partial charge in [0.1, 0.15) is 5.75 Å². The Hall–Kier alpha value is -1.26. The number of hydrogen-bond acceptors (Lipinski definition) is 3. The van der Waals surface area contributed by atoms with Crippen LogP contribution in [0.25, 0.3) is 0 Å². The number of hydrogen-bond donors (Lipinski definition) is 1. The monoisotopic (exact) mass is 338 g/mol. The maximum absolute atomic E-state index is 12.3. The Morgan fingerprint density at radius 1 is 1.22 bits per heavy atom. The normalized spacial score (nSPS) is 25.9. The number of amides is 1. The van der Waals surface area contributed by atoms with E-state index in [1.165, 1.54) is 17.5 Å². The molecule has 23 heavy (non-hydrogen) atoms. The second-order valence-electron chi connectivity index (χ2n) is 6.89. The number of ether oxygens (including phenoxy) is 1. The average molecular weight is 339 g/mol. The fourth-order valence-electron chi connectivity index (χ4n) is 3.94. The van der Waals surface area contributed by atoms with E-state index in [1.807, 2.05) is 17.0 Å². The Morgan fingerprint density at radius 3 is 2.57 bits per heavy atom. The van der Waals surface area contributed by atoms with Gasteiger partial charge in [-0.3, -0.25) is 4.79 Å². The first-order valence-electron chi connectivity index (χ1n) is 8.27. The van der Waals surface area contributed by atoms with Crippen LogP contribution in [0.2, 0.25) is 0 Å². The molecule has 1 saturated heterocycles. The zero-order chi connectivity index (χ0) is 15.7. The van der Waals surface area contributed by atoms with Crippen molar-refractivity contribution in [3.05, 3.63) is 29.3 Å². The molecule has 2 aliphatic rings. The molecule has 0 aromatic heterocycles. The summed E-state index contributed by atoms with van der Waals surface area (Å²) in [6.45, 7) is 6.28. The maximum atomic E-state index is 12.3. The van der Waals surface area contributed by atoms with Crippen LogP contribution in [-0.4, -0.2) is 36.5 Å². The van der Waals surface area contributed by atoms with Gasteiger partial charge in [-0.25, -0.2) is 0 Å². The van der Waals surface area contributed by atoms with Crippen LogP contribution in [0.4, 0.5) is 0 Å². The molecule has 4 nitrogen and oxygen atoms in total. The molecule has 2 N–H and O–H groups in total. The minimum atomic E-state index is 0. The second kappa shape index (κ2) is 7.54.